The number of non-ortho nitro benzene ring substituents is 1. The summed E-state index contributed by atoms with van der Waals surface area (Å²) < 4.78 is 1.97. The molecule has 2 aromatic carbocycles. The van der Waals surface area contributed by atoms with Gasteiger partial charge in [0, 0.05) is 17.8 Å². The van der Waals surface area contributed by atoms with Crippen LogP contribution < -0.4 is 5.32 Å². The monoisotopic (exact) mass is 369 g/mol. The van der Waals surface area contributed by atoms with Crippen LogP contribution in [-0.2, 0) is 12.8 Å². The van der Waals surface area contributed by atoms with E-state index in [4.69, 9.17) is 4.98 Å². The number of pyridine rings is 1. The van der Waals surface area contributed by atoms with Gasteiger partial charge in [-0.3, -0.25) is 14.5 Å². The molecule has 0 saturated heterocycles. The zero-order valence-electron chi connectivity index (χ0n) is 14.8. The van der Waals surface area contributed by atoms with E-state index in [1.165, 1.54) is 12.1 Å². The summed E-state index contributed by atoms with van der Waals surface area (Å²) in [7, 11) is 0. The first-order valence-electron chi connectivity index (χ1n) is 9.04. The highest BCUT2D eigenvalue weighted by Gasteiger charge is 2.26. The molecule has 28 heavy (non-hydrogen) atoms. The SMILES string of the molecule is N#Cc1c2c(c(Nc3cccc([N+](=O)[O-])c3)n3c1nc1ccccc13)CCC2. The predicted octanol–water partition coefficient (Wildman–Crippen LogP) is 4.50. The molecule has 0 atom stereocenters. The van der Waals surface area contributed by atoms with E-state index in [2.05, 4.69) is 11.4 Å². The Morgan fingerprint density at radius 1 is 1.14 bits per heavy atom. The fourth-order valence-corrected chi connectivity index (χ4v) is 4.05. The molecule has 136 valence electrons. The third-order valence-electron chi connectivity index (χ3n) is 5.24. The third kappa shape index (κ3) is 2.32. The first-order valence-corrected chi connectivity index (χ1v) is 9.04. The molecule has 7 heteroatoms. The van der Waals surface area contributed by atoms with Crippen molar-refractivity contribution in [3.8, 4) is 6.07 Å². The van der Waals surface area contributed by atoms with Crippen molar-refractivity contribution < 1.29 is 4.92 Å². The number of nitrogens with zero attached hydrogens (tertiary/aromatic N) is 4. The van der Waals surface area contributed by atoms with Crippen LogP contribution in [0.4, 0.5) is 17.2 Å². The minimum Gasteiger partial charge on any atom is -0.341 e. The van der Waals surface area contributed by atoms with Gasteiger partial charge in [-0.1, -0.05) is 18.2 Å². The van der Waals surface area contributed by atoms with Crippen molar-refractivity contribution in [1.82, 2.24) is 9.38 Å². The van der Waals surface area contributed by atoms with Crippen LogP contribution in [0, 0.1) is 21.4 Å². The van der Waals surface area contributed by atoms with E-state index in [9.17, 15) is 15.4 Å². The van der Waals surface area contributed by atoms with Crippen molar-refractivity contribution in [1.29, 1.82) is 5.26 Å². The number of aromatic nitrogens is 2. The lowest BCUT2D eigenvalue weighted by molar-refractivity contribution is -0.384. The van der Waals surface area contributed by atoms with Gasteiger partial charge in [-0.25, -0.2) is 4.98 Å². The van der Waals surface area contributed by atoms with Crippen LogP contribution >= 0.6 is 0 Å². The van der Waals surface area contributed by atoms with Crippen molar-refractivity contribution in [3.63, 3.8) is 0 Å². The van der Waals surface area contributed by atoms with E-state index in [0.29, 0.717) is 16.9 Å². The maximum absolute atomic E-state index is 11.1. The highest BCUT2D eigenvalue weighted by Crippen LogP contribution is 2.37. The minimum absolute atomic E-state index is 0.0297. The van der Waals surface area contributed by atoms with Crippen LogP contribution in [0.5, 0.6) is 0 Å². The van der Waals surface area contributed by atoms with Crippen molar-refractivity contribution in [3.05, 3.63) is 75.3 Å². The normalized spacial score (nSPS) is 12.8. The van der Waals surface area contributed by atoms with Gasteiger partial charge in [-0.05, 0) is 48.6 Å². The molecule has 0 bridgehead atoms. The Morgan fingerprint density at radius 3 is 2.79 bits per heavy atom. The van der Waals surface area contributed by atoms with Crippen LogP contribution in [0.1, 0.15) is 23.1 Å². The second-order valence-corrected chi connectivity index (χ2v) is 6.84. The molecular weight excluding hydrogens is 354 g/mol. The number of hydrogen-bond donors (Lipinski definition) is 1. The lowest BCUT2D eigenvalue weighted by Gasteiger charge is -2.16. The molecule has 4 aromatic rings. The highest BCUT2D eigenvalue weighted by atomic mass is 16.6. The van der Waals surface area contributed by atoms with Crippen LogP contribution in [0.25, 0.3) is 16.7 Å². The quantitative estimate of drug-likeness (QED) is 0.424. The number of nitrogens with one attached hydrogen (secondary N) is 1. The Labute approximate surface area is 160 Å². The van der Waals surface area contributed by atoms with E-state index < -0.39 is 4.92 Å². The molecule has 0 fully saturated rings. The predicted molar refractivity (Wildman–Crippen MR) is 106 cm³/mol. The van der Waals surface area contributed by atoms with Crippen LogP contribution in [-0.4, -0.2) is 14.3 Å². The van der Waals surface area contributed by atoms with E-state index in [1.54, 1.807) is 12.1 Å². The van der Waals surface area contributed by atoms with Gasteiger partial charge in [0.2, 0.25) is 0 Å². The van der Waals surface area contributed by atoms with E-state index in [1.807, 2.05) is 28.7 Å². The second-order valence-electron chi connectivity index (χ2n) is 6.84. The lowest BCUT2D eigenvalue weighted by Crippen LogP contribution is -2.06. The van der Waals surface area contributed by atoms with Crippen LogP contribution in [0.2, 0.25) is 0 Å². The van der Waals surface area contributed by atoms with Gasteiger partial charge < -0.3 is 5.32 Å². The maximum Gasteiger partial charge on any atom is 0.271 e. The number of hydrogen-bond acceptors (Lipinski definition) is 5. The number of nitro groups is 1. The molecule has 0 aliphatic heterocycles. The van der Waals surface area contributed by atoms with Crippen molar-refractivity contribution >= 4 is 33.9 Å². The number of nitro benzene ring substituents is 1. The molecule has 2 heterocycles. The molecule has 5 rings (SSSR count). The number of rotatable bonds is 3. The van der Waals surface area contributed by atoms with Gasteiger partial charge >= 0.3 is 0 Å². The standard InChI is InChI=1S/C21H15N5O2/c22-12-17-15-7-4-8-16(15)20(23-13-5-3-6-14(11-13)26(27)28)25-19-10-2-1-9-18(19)24-21(17)25/h1-3,5-6,9-11,23H,4,7-8H2. The Balaban J connectivity index is 1.82. The number of benzene rings is 2. The molecule has 0 unspecified atom stereocenters. The fraction of sp³-hybridized carbons (Fsp3) is 0.143. The Kier molecular flexibility index (Phi) is 3.52. The molecular formula is C21H15N5O2. The topological polar surface area (TPSA) is 96.3 Å². The maximum atomic E-state index is 11.1. The molecule has 2 aromatic heterocycles. The molecule has 1 aliphatic rings. The van der Waals surface area contributed by atoms with Gasteiger partial charge in [0.25, 0.3) is 5.69 Å². The summed E-state index contributed by atoms with van der Waals surface area (Å²) in [5, 5.41) is 24.3. The fourth-order valence-electron chi connectivity index (χ4n) is 4.05. The molecule has 0 radical (unpaired) electrons. The minimum atomic E-state index is -0.406. The highest BCUT2D eigenvalue weighted by molar-refractivity contribution is 5.87. The van der Waals surface area contributed by atoms with Gasteiger partial charge in [0.05, 0.1) is 21.5 Å². The van der Waals surface area contributed by atoms with Gasteiger partial charge in [-0.15, -0.1) is 0 Å². The third-order valence-corrected chi connectivity index (χ3v) is 5.24. The van der Waals surface area contributed by atoms with E-state index in [0.717, 1.165) is 47.2 Å². The number of imidazole rings is 1. The molecule has 1 aliphatic carbocycles. The number of para-hydroxylation sites is 2. The largest absolute Gasteiger partial charge is 0.341 e. The van der Waals surface area contributed by atoms with E-state index in [-0.39, 0.29) is 5.69 Å². The summed E-state index contributed by atoms with van der Waals surface area (Å²) in [6.07, 6.45) is 2.66. The number of anilines is 2. The Hall–Kier alpha value is -3.92. The Morgan fingerprint density at radius 2 is 1.96 bits per heavy atom. The number of nitriles is 1. The summed E-state index contributed by atoms with van der Waals surface area (Å²) in [4.78, 5) is 15.4. The molecule has 0 amide bonds. The molecule has 0 spiro atoms. The summed E-state index contributed by atoms with van der Waals surface area (Å²) in [6, 6.07) is 16.5. The van der Waals surface area contributed by atoms with Crippen molar-refractivity contribution in [2.24, 2.45) is 0 Å². The lowest BCUT2D eigenvalue weighted by atomic mass is 10.1. The summed E-state index contributed by atoms with van der Waals surface area (Å²) in [6.45, 7) is 0. The first kappa shape index (κ1) is 16.3. The van der Waals surface area contributed by atoms with Gasteiger partial charge in [0.1, 0.15) is 11.9 Å². The first-order chi connectivity index (χ1) is 13.7. The summed E-state index contributed by atoms with van der Waals surface area (Å²) >= 11 is 0. The van der Waals surface area contributed by atoms with Crippen molar-refractivity contribution in [2.75, 3.05) is 5.32 Å². The van der Waals surface area contributed by atoms with Crippen molar-refractivity contribution in [2.45, 2.75) is 19.3 Å². The molecule has 1 N–H and O–H groups in total. The van der Waals surface area contributed by atoms with Crippen LogP contribution in [0.15, 0.2) is 48.5 Å². The zero-order valence-corrected chi connectivity index (χ0v) is 14.8. The second kappa shape index (κ2) is 6.06. The van der Waals surface area contributed by atoms with Crippen LogP contribution in [0.3, 0.4) is 0 Å². The Bertz CT molecular complexity index is 1320. The van der Waals surface area contributed by atoms with E-state index >= 15 is 0 Å². The molecule has 7 nitrogen and oxygen atoms in total. The van der Waals surface area contributed by atoms with Gasteiger partial charge in [-0.2, -0.15) is 5.26 Å². The molecule has 0 saturated carbocycles. The number of fused-ring (bicyclic) bond motifs is 4. The zero-order chi connectivity index (χ0) is 19.3. The summed E-state index contributed by atoms with van der Waals surface area (Å²) in [5.74, 6) is 0.829. The summed E-state index contributed by atoms with van der Waals surface area (Å²) in [5.41, 5.74) is 5.72. The smallest absolute Gasteiger partial charge is 0.271 e. The average molecular weight is 369 g/mol. The average Bonchev–Trinajstić information content (AvgIpc) is 3.33. The van der Waals surface area contributed by atoms with Gasteiger partial charge in [0.15, 0.2) is 5.65 Å².